The van der Waals surface area contributed by atoms with Crippen molar-refractivity contribution in [2.24, 2.45) is 5.92 Å². The van der Waals surface area contributed by atoms with Crippen LogP contribution in [0.5, 0.6) is 0 Å². The molecule has 5 nitrogen and oxygen atoms in total. The average Bonchev–Trinajstić information content (AvgIpc) is 2.43. The van der Waals surface area contributed by atoms with Crippen LogP contribution in [0.4, 0.5) is 0 Å². The van der Waals surface area contributed by atoms with E-state index in [-0.39, 0.29) is 22.8 Å². The molecule has 0 aliphatic rings. The summed E-state index contributed by atoms with van der Waals surface area (Å²) >= 11 is 5.17. The standard InChI is InChI=1S/C15H19N3O2S/c1-10(2)7-8-16-13(19)9-18-14(20)11-5-3-4-6-12(11)17-15(18)21/h3-6,10H,7-9H2,1-2H3,(H,16,19)(H,17,21). The Bertz CT molecular complexity index is 761. The molecule has 2 aromatic rings. The minimum atomic E-state index is -0.242. The van der Waals surface area contributed by atoms with Crippen LogP contribution in [0.25, 0.3) is 10.9 Å². The molecule has 0 saturated heterocycles. The number of carbonyl (C=O) groups excluding carboxylic acids is 1. The second-order valence-corrected chi connectivity index (χ2v) is 5.79. The summed E-state index contributed by atoms with van der Waals surface area (Å²) in [5, 5.41) is 3.33. The van der Waals surface area contributed by atoms with E-state index in [9.17, 15) is 9.59 Å². The van der Waals surface area contributed by atoms with Crippen LogP contribution in [0.3, 0.4) is 0 Å². The molecule has 2 N–H and O–H groups in total. The van der Waals surface area contributed by atoms with E-state index < -0.39 is 0 Å². The fourth-order valence-corrected chi connectivity index (χ4v) is 2.30. The summed E-state index contributed by atoms with van der Waals surface area (Å²) < 4.78 is 1.56. The molecule has 0 atom stereocenters. The Morgan fingerprint density at radius 3 is 2.81 bits per heavy atom. The molecule has 1 amide bonds. The average molecular weight is 305 g/mol. The van der Waals surface area contributed by atoms with Crippen LogP contribution in [-0.4, -0.2) is 22.0 Å². The number of nitrogens with zero attached hydrogens (tertiary/aromatic N) is 1. The number of hydrogen-bond acceptors (Lipinski definition) is 3. The van der Waals surface area contributed by atoms with Crippen molar-refractivity contribution in [1.82, 2.24) is 14.9 Å². The van der Waals surface area contributed by atoms with Crippen LogP contribution in [0.1, 0.15) is 20.3 Å². The van der Waals surface area contributed by atoms with Gasteiger partial charge in [0.05, 0.1) is 10.9 Å². The third-order valence-corrected chi connectivity index (χ3v) is 3.56. The van der Waals surface area contributed by atoms with Crippen LogP contribution in [0.15, 0.2) is 29.1 Å². The summed E-state index contributed by atoms with van der Waals surface area (Å²) in [7, 11) is 0. The minimum Gasteiger partial charge on any atom is -0.355 e. The molecule has 0 fully saturated rings. The first-order valence-corrected chi connectivity index (χ1v) is 7.38. The number of H-pyrrole nitrogens is 1. The van der Waals surface area contributed by atoms with Gasteiger partial charge in [-0.1, -0.05) is 26.0 Å². The van der Waals surface area contributed by atoms with Crippen molar-refractivity contribution < 1.29 is 4.79 Å². The summed E-state index contributed by atoms with van der Waals surface area (Å²) in [4.78, 5) is 27.2. The Hall–Kier alpha value is -1.95. The topological polar surface area (TPSA) is 66.9 Å². The number of nitrogens with one attached hydrogen (secondary N) is 2. The van der Waals surface area contributed by atoms with Crippen LogP contribution < -0.4 is 10.9 Å². The minimum absolute atomic E-state index is 0.0584. The summed E-state index contributed by atoms with van der Waals surface area (Å²) in [6, 6.07) is 7.12. The quantitative estimate of drug-likeness (QED) is 0.832. The van der Waals surface area contributed by atoms with Gasteiger partial charge in [-0.15, -0.1) is 0 Å². The molecule has 1 aromatic heterocycles. The van der Waals surface area contributed by atoms with Crippen molar-refractivity contribution in [2.45, 2.75) is 26.8 Å². The lowest BCUT2D eigenvalue weighted by Gasteiger charge is -2.10. The van der Waals surface area contributed by atoms with Gasteiger partial charge < -0.3 is 10.3 Å². The van der Waals surface area contributed by atoms with E-state index in [0.717, 1.165) is 6.42 Å². The molecule has 0 aliphatic carbocycles. The zero-order chi connectivity index (χ0) is 15.4. The molecule has 0 aliphatic heterocycles. The van der Waals surface area contributed by atoms with Crippen molar-refractivity contribution in [3.05, 3.63) is 39.4 Å². The molecule has 0 bridgehead atoms. The number of hydrogen-bond donors (Lipinski definition) is 2. The van der Waals surface area contributed by atoms with Gasteiger partial charge in [-0.3, -0.25) is 14.2 Å². The van der Waals surface area contributed by atoms with E-state index in [1.165, 1.54) is 4.57 Å². The number of aromatic amines is 1. The van der Waals surface area contributed by atoms with Gasteiger partial charge in [0, 0.05) is 6.54 Å². The van der Waals surface area contributed by atoms with Gasteiger partial charge in [-0.05, 0) is 36.7 Å². The van der Waals surface area contributed by atoms with Crippen LogP contribution in [-0.2, 0) is 11.3 Å². The molecule has 112 valence electrons. The fraction of sp³-hybridized carbons (Fsp3) is 0.400. The van der Waals surface area contributed by atoms with Crippen molar-refractivity contribution >= 4 is 29.0 Å². The van der Waals surface area contributed by atoms with Crippen molar-refractivity contribution in [3.8, 4) is 0 Å². The largest absolute Gasteiger partial charge is 0.355 e. The molecule has 0 radical (unpaired) electrons. The molecule has 0 unspecified atom stereocenters. The third-order valence-electron chi connectivity index (χ3n) is 3.23. The van der Waals surface area contributed by atoms with Gasteiger partial charge in [0.1, 0.15) is 6.54 Å². The van der Waals surface area contributed by atoms with Crippen LogP contribution >= 0.6 is 12.2 Å². The summed E-state index contributed by atoms with van der Waals surface area (Å²) in [6.07, 6.45) is 0.908. The SMILES string of the molecule is CC(C)CCNC(=O)Cn1c(=S)[nH]c2ccccc2c1=O. The highest BCUT2D eigenvalue weighted by atomic mass is 32.1. The first-order chi connectivity index (χ1) is 9.99. The Morgan fingerprint density at radius 2 is 2.10 bits per heavy atom. The number of fused-ring (bicyclic) bond motifs is 1. The zero-order valence-corrected chi connectivity index (χ0v) is 13.0. The molecule has 1 heterocycles. The molecule has 0 spiro atoms. The van der Waals surface area contributed by atoms with Gasteiger partial charge >= 0.3 is 0 Å². The second kappa shape index (κ2) is 6.67. The summed E-state index contributed by atoms with van der Waals surface area (Å²) in [5.74, 6) is 0.323. The van der Waals surface area contributed by atoms with E-state index in [1.54, 1.807) is 18.2 Å². The third kappa shape index (κ3) is 3.78. The summed E-state index contributed by atoms with van der Waals surface area (Å²) in [5.41, 5.74) is 0.442. The predicted molar refractivity (Wildman–Crippen MR) is 85.9 cm³/mol. The highest BCUT2D eigenvalue weighted by molar-refractivity contribution is 7.71. The van der Waals surface area contributed by atoms with E-state index in [2.05, 4.69) is 24.1 Å². The molecule has 2 rings (SSSR count). The molecule has 0 saturated carbocycles. The first-order valence-electron chi connectivity index (χ1n) is 6.97. The van der Waals surface area contributed by atoms with Gasteiger partial charge in [0.15, 0.2) is 4.77 Å². The zero-order valence-electron chi connectivity index (χ0n) is 12.2. The Labute approximate surface area is 128 Å². The Kier molecular flexibility index (Phi) is 4.90. The van der Waals surface area contributed by atoms with E-state index in [4.69, 9.17) is 12.2 Å². The number of aromatic nitrogens is 2. The van der Waals surface area contributed by atoms with Gasteiger partial charge in [0.25, 0.3) is 5.56 Å². The number of amides is 1. The van der Waals surface area contributed by atoms with E-state index in [0.29, 0.717) is 23.4 Å². The highest BCUT2D eigenvalue weighted by Crippen LogP contribution is 2.05. The second-order valence-electron chi connectivity index (χ2n) is 5.40. The van der Waals surface area contributed by atoms with Crippen molar-refractivity contribution in [2.75, 3.05) is 6.54 Å². The van der Waals surface area contributed by atoms with Crippen LogP contribution in [0.2, 0.25) is 0 Å². The molecule has 1 aromatic carbocycles. The smallest absolute Gasteiger partial charge is 0.262 e. The predicted octanol–water partition coefficient (Wildman–Crippen LogP) is 2.22. The van der Waals surface area contributed by atoms with E-state index in [1.807, 2.05) is 6.07 Å². The van der Waals surface area contributed by atoms with Gasteiger partial charge in [-0.25, -0.2) is 0 Å². The van der Waals surface area contributed by atoms with E-state index >= 15 is 0 Å². The van der Waals surface area contributed by atoms with Gasteiger partial charge in [-0.2, -0.15) is 0 Å². The monoisotopic (exact) mass is 305 g/mol. The Morgan fingerprint density at radius 1 is 1.38 bits per heavy atom. The van der Waals surface area contributed by atoms with Crippen molar-refractivity contribution in [3.63, 3.8) is 0 Å². The molecular weight excluding hydrogens is 286 g/mol. The van der Waals surface area contributed by atoms with Gasteiger partial charge in [0.2, 0.25) is 5.91 Å². The number of benzene rings is 1. The Balaban J connectivity index is 2.21. The lowest BCUT2D eigenvalue weighted by Crippen LogP contribution is -2.34. The number of rotatable bonds is 5. The van der Waals surface area contributed by atoms with Crippen LogP contribution in [0, 0.1) is 10.7 Å². The maximum atomic E-state index is 12.4. The summed E-state index contributed by atoms with van der Waals surface area (Å²) in [6.45, 7) is 4.74. The maximum absolute atomic E-state index is 12.4. The lowest BCUT2D eigenvalue weighted by molar-refractivity contribution is -0.121. The van der Waals surface area contributed by atoms with Crippen molar-refractivity contribution in [1.29, 1.82) is 0 Å². The first kappa shape index (κ1) is 15.4. The normalized spacial score (nSPS) is 11.0. The highest BCUT2D eigenvalue weighted by Gasteiger charge is 2.09. The lowest BCUT2D eigenvalue weighted by atomic mass is 10.1. The molecular formula is C15H19N3O2S. The number of para-hydroxylation sites is 1. The maximum Gasteiger partial charge on any atom is 0.262 e. The fourth-order valence-electron chi connectivity index (χ4n) is 2.04. The molecule has 21 heavy (non-hydrogen) atoms. The molecule has 6 heteroatoms. The number of carbonyl (C=O) groups is 1.